The number of carbonyl (C=O) groups is 3. The number of nitrogens with one attached hydrogen (secondary N) is 2. The fourth-order valence-electron chi connectivity index (χ4n) is 7.39. The van der Waals surface area contributed by atoms with Crippen molar-refractivity contribution in [3.05, 3.63) is 36.4 Å². The summed E-state index contributed by atoms with van der Waals surface area (Å²) in [5.74, 6) is -1.18. The molecule has 2 bridgehead atoms. The van der Waals surface area contributed by atoms with E-state index in [-0.39, 0.29) is 29.8 Å². The first kappa shape index (κ1) is 24.5. The van der Waals surface area contributed by atoms with Gasteiger partial charge in [-0.25, -0.2) is 0 Å². The fourth-order valence-corrected chi connectivity index (χ4v) is 7.39. The number of benzene rings is 1. The van der Waals surface area contributed by atoms with Gasteiger partial charge in [-0.15, -0.1) is 0 Å². The van der Waals surface area contributed by atoms with Crippen molar-refractivity contribution >= 4 is 23.4 Å². The van der Waals surface area contributed by atoms with Gasteiger partial charge in [0.15, 0.2) is 0 Å². The molecule has 6 rings (SSSR count). The normalized spacial score (nSPS) is 33.4. The number of amides is 3. The number of likely N-dealkylation sites (tertiary alicyclic amines) is 1. The number of methoxy groups -OCH3 is 1. The Kier molecular flexibility index (Phi) is 6.47. The lowest BCUT2D eigenvalue weighted by atomic mass is 9.74. The topological polar surface area (TPSA) is 97.0 Å². The number of fused-ring (bicyclic) bond motifs is 1. The minimum atomic E-state index is -1.10. The molecule has 3 heterocycles. The van der Waals surface area contributed by atoms with Crippen molar-refractivity contribution in [2.45, 2.75) is 94.0 Å². The van der Waals surface area contributed by atoms with Gasteiger partial charge in [0.25, 0.3) is 0 Å². The van der Waals surface area contributed by atoms with Crippen LogP contribution in [0.25, 0.3) is 0 Å². The molecule has 2 N–H and O–H groups in total. The van der Waals surface area contributed by atoms with Gasteiger partial charge in [0.05, 0.1) is 25.0 Å². The van der Waals surface area contributed by atoms with Crippen molar-refractivity contribution in [1.29, 1.82) is 0 Å². The van der Waals surface area contributed by atoms with Crippen LogP contribution in [0.4, 0.5) is 5.69 Å². The lowest BCUT2D eigenvalue weighted by molar-refractivity contribution is -0.144. The molecular weight excluding hydrogens is 470 g/mol. The Hall–Kier alpha value is -2.87. The van der Waals surface area contributed by atoms with Crippen LogP contribution in [0.1, 0.15) is 64.2 Å². The van der Waals surface area contributed by atoms with Crippen LogP contribution in [0.3, 0.4) is 0 Å². The van der Waals surface area contributed by atoms with Crippen molar-refractivity contribution in [2.24, 2.45) is 11.8 Å². The zero-order chi connectivity index (χ0) is 25.6. The largest absolute Gasteiger partial charge is 0.497 e. The third-order valence-corrected chi connectivity index (χ3v) is 9.14. The number of rotatable bonds is 6. The molecule has 37 heavy (non-hydrogen) atoms. The summed E-state index contributed by atoms with van der Waals surface area (Å²) in [6, 6.07) is 6.52. The zero-order valence-electron chi connectivity index (χ0n) is 21.5. The Morgan fingerprint density at radius 2 is 1.65 bits per heavy atom. The highest BCUT2D eigenvalue weighted by atomic mass is 16.5. The van der Waals surface area contributed by atoms with Gasteiger partial charge in [-0.3, -0.25) is 14.4 Å². The molecule has 2 saturated heterocycles. The first-order chi connectivity index (χ1) is 18.0. The Bertz CT molecular complexity index is 1080. The predicted octanol–water partition coefficient (Wildman–Crippen LogP) is 3.57. The van der Waals surface area contributed by atoms with E-state index in [1.165, 1.54) is 6.42 Å². The molecule has 0 aromatic heterocycles. The summed E-state index contributed by atoms with van der Waals surface area (Å²) in [7, 11) is 1.59. The molecule has 0 radical (unpaired) electrons. The van der Waals surface area contributed by atoms with E-state index >= 15 is 0 Å². The van der Waals surface area contributed by atoms with Crippen LogP contribution in [0.2, 0.25) is 0 Å². The van der Waals surface area contributed by atoms with E-state index in [0.717, 1.165) is 57.8 Å². The second kappa shape index (κ2) is 9.78. The van der Waals surface area contributed by atoms with E-state index in [2.05, 4.69) is 10.6 Å². The van der Waals surface area contributed by atoms with Gasteiger partial charge in [-0.2, -0.15) is 0 Å². The number of carbonyl (C=O) groups excluding carboxylic acids is 3. The van der Waals surface area contributed by atoms with Gasteiger partial charge in [-0.05, 0) is 49.9 Å². The van der Waals surface area contributed by atoms with E-state index in [9.17, 15) is 14.4 Å². The Balaban J connectivity index is 1.30. The number of anilines is 1. The molecule has 3 aliphatic heterocycles. The summed E-state index contributed by atoms with van der Waals surface area (Å²) in [5, 5.41) is 6.25. The van der Waals surface area contributed by atoms with E-state index < -0.39 is 29.6 Å². The van der Waals surface area contributed by atoms with Gasteiger partial charge in [0, 0.05) is 17.8 Å². The van der Waals surface area contributed by atoms with E-state index in [0.29, 0.717) is 11.4 Å². The number of ether oxygens (including phenoxy) is 2. The molecule has 8 heteroatoms. The van der Waals surface area contributed by atoms with Gasteiger partial charge < -0.3 is 25.0 Å². The summed E-state index contributed by atoms with van der Waals surface area (Å²) in [6.07, 6.45) is 13.6. The summed E-state index contributed by atoms with van der Waals surface area (Å²) in [5.41, 5.74) is -0.465. The van der Waals surface area contributed by atoms with E-state index in [4.69, 9.17) is 9.47 Å². The second-order valence-electron chi connectivity index (χ2n) is 11.3. The first-order valence-electron chi connectivity index (χ1n) is 14.0. The van der Waals surface area contributed by atoms with Gasteiger partial charge in [-0.1, -0.05) is 50.7 Å². The smallest absolute Gasteiger partial charge is 0.246 e. The van der Waals surface area contributed by atoms with E-state index in [1.807, 2.05) is 17.1 Å². The number of hydrogen-bond donors (Lipinski definition) is 2. The Morgan fingerprint density at radius 3 is 2.32 bits per heavy atom. The zero-order valence-corrected chi connectivity index (χ0v) is 21.5. The molecule has 4 fully saturated rings. The third-order valence-electron chi connectivity index (χ3n) is 9.14. The second-order valence-corrected chi connectivity index (χ2v) is 11.3. The highest BCUT2D eigenvalue weighted by Crippen LogP contribution is 2.56. The molecule has 5 atom stereocenters. The van der Waals surface area contributed by atoms with Crippen LogP contribution in [-0.2, 0) is 19.1 Å². The van der Waals surface area contributed by atoms with Crippen LogP contribution >= 0.6 is 0 Å². The first-order valence-corrected chi connectivity index (χ1v) is 14.0. The van der Waals surface area contributed by atoms with Crippen LogP contribution in [-0.4, -0.2) is 59.6 Å². The van der Waals surface area contributed by atoms with Crippen molar-refractivity contribution in [1.82, 2.24) is 10.2 Å². The predicted molar refractivity (Wildman–Crippen MR) is 138 cm³/mol. The molecule has 5 aliphatic rings. The lowest BCUT2D eigenvalue weighted by Gasteiger charge is -2.39. The maximum atomic E-state index is 14.2. The minimum Gasteiger partial charge on any atom is -0.497 e. The monoisotopic (exact) mass is 507 g/mol. The van der Waals surface area contributed by atoms with Crippen molar-refractivity contribution < 1.29 is 23.9 Å². The Labute approximate surface area is 218 Å². The molecule has 1 aromatic carbocycles. The molecule has 198 valence electrons. The average molecular weight is 508 g/mol. The lowest BCUT2D eigenvalue weighted by Crippen LogP contribution is -2.58. The molecule has 1 spiro atoms. The third kappa shape index (κ3) is 4.13. The highest BCUT2D eigenvalue weighted by molar-refractivity contribution is 6.03. The quantitative estimate of drug-likeness (QED) is 0.574. The average Bonchev–Trinajstić information content (AvgIpc) is 3.57. The molecular formula is C29H37N3O5. The van der Waals surface area contributed by atoms with Gasteiger partial charge in [0.1, 0.15) is 17.4 Å². The van der Waals surface area contributed by atoms with Crippen molar-refractivity contribution in [3.63, 3.8) is 0 Å². The molecule has 2 saturated carbocycles. The summed E-state index contributed by atoms with van der Waals surface area (Å²) in [6.45, 7) is 0. The van der Waals surface area contributed by atoms with Crippen LogP contribution in [0, 0.1) is 11.8 Å². The van der Waals surface area contributed by atoms with Gasteiger partial charge >= 0.3 is 0 Å². The molecule has 8 nitrogen and oxygen atoms in total. The standard InChI is InChI=1S/C29H37N3O5/c1-36-21-14-12-19(13-15-21)30-26(33)23-22-16-17-29(37-22)24(23)28(35)32(20-10-6-3-7-11-20)25(29)27(34)31-18-8-4-2-5-9-18/h12-18,20,22-25H,2-11H2,1H3,(H,30,33)(H,31,34)/t22-,23-,24-,25-,29-/m1/s1. The van der Waals surface area contributed by atoms with Crippen molar-refractivity contribution in [2.75, 3.05) is 12.4 Å². The summed E-state index contributed by atoms with van der Waals surface area (Å²) in [4.78, 5) is 43.5. The van der Waals surface area contributed by atoms with Crippen molar-refractivity contribution in [3.8, 4) is 5.75 Å². The summed E-state index contributed by atoms with van der Waals surface area (Å²) < 4.78 is 11.7. The van der Waals surface area contributed by atoms with Crippen LogP contribution in [0.15, 0.2) is 36.4 Å². The Morgan fingerprint density at radius 1 is 0.973 bits per heavy atom. The fraction of sp³-hybridized carbons (Fsp3) is 0.621. The molecule has 3 amide bonds. The van der Waals surface area contributed by atoms with Gasteiger partial charge in [0.2, 0.25) is 17.7 Å². The summed E-state index contributed by atoms with van der Waals surface area (Å²) >= 11 is 0. The molecule has 1 aromatic rings. The SMILES string of the molecule is COc1ccc(NC(=O)[C@@H]2[C@H]3C=C[C@@]4(O3)[C@H]2C(=O)N(C2CCCCC2)[C@@H]4C(=O)NC2CCCCC2)cc1. The van der Waals surface area contributed by atoms with Crippen LogP contribution < -0.4 is 15.4 Å². The van der Waals surface area contributed by atoms with Crippen LogP contribution in [0.5, 0.6) is 5.75 Å². The number of nitrogens with zero attached hydrogens (tertiary/aromatic N) is 1. The van der Waals surface area contributed by atoms with E-state index in [1.54, 1.807) is 31.4 Å². The number of hydrogen-bond acceptors (Lipinski definition) is 5. The highest BCUT2D eigenvalue weighted by Gasteiger charge is 2.73. The minimum absolute atomic E-state index is 0.00433. The molecule has 0 unspecified atom stereocenters. The maximum Gasteiger partial charge on any atom is 0.246 e. The molecule has 2 aliphatic carbocycles. The maximum absolute atomic E-state index is 14.2.